The molecule has 1 fully saturated rings. The Morgan fingerprint density at radius 2 is 2.10 bits per heavy atom. The molecule has 5 heteroatoms. The molecule has 4 nitrogen and oxygen atoms in total. The van der Waals surface area contributed by atoms with Gasteiger partial charge in [0.1, 0.15) is 0 Å². The maximum Gasteiger partial charge on any atom is 0.261 e. The van der Waals surface area contributed by atoms with Gasteiger partial charge in [0.2, 0.25) is 0 Å². The van der Waals surface area contributed by atoms with Gasteiger partial charge >= 0.3 is 0 Å². The molecule has 0 saturated heterocycles. The fourth-order valence-electron chi connectivity index (χ4n) is 2.82. The molecule has 3 heterocycles. The van der Waals surface area contributed by atoms with Crippen molar-refractivity contribution >= 4 is 16.3 Å². The van der Waals surface area contributed by atoms with Crippen molar-refractivity contribution in [1.29, 1.82) is 0 Å². The van der Waals surface area contributed by atoms with E-state index in [1.54, 1.807) is 10.6 Å². The quantitative estimate of drug-likeness (QED) is 0.726. The number of hydrogen-bond donors (Lipinski definition) is 0. The van der Waals surface area contributed by atoms with Crippen LogP contribution in [0.4, 0.5) is 0 Å². The fraction of sp³-hybridized carbons (Fsp3) is 0.267. The molecule has 0 spiro atoms. The van der Waals surface area contributed by atoms with Crippen LogP contribution >= 0.6 is 11.3 Å². The Morgan fingerprint density at radius 3 is 2.90 bits per heavy atom. The lowest BCUT2D eigenvalue weighted by Crippen LogP contribution is -2.18. The minimum atomic E-state index is 0.0617. The molecule has 1 saturated carbocycles. The van der Waals surface area contributed by atoms with E-state index in [1.165, 1.54) is 16.9 Å². The lowest BCUT2D eigenvalue weighted by Gasteiger charge is -2.05. The van der Waals surface area contributed by atoms with Crippen LogP contribution in [0.3, 0.4) is 0 Å². The number of nitrogens with zero attached hydrogens (tertiary/aromatic N) is 3. The van der Waals surface area contributed by atoms with Crippen LogP contribution in [0.1, 0.15) is 35.1 Å². The summed E-state index contributed by atoms with van der Waals surface area (Å²) < 4.78 is 1.63. The first-order valence-corrected chi connectivity index (χ1v) is 7.50. The summed E-state index contributed by atoms with van der Waals surface area (Å²) in [7, 11) is 0. The Hall–Kier alpha value is -2.01. The number of pyridine rings is 1. The van der Waals surface area contributed by atoms with E-state index in [9.17, 15) is 4.79 Å². The molecule has 4 rings (SSSR count). The highest BCUT2D eigenvalue weighted by molar-refractivity contribution is 7.15. The SMILES string of the molecule is Cc1c(C2CC2c2ccncc2)nc2sccn2c1=O. The van der Waals surface area contributed by atoms with Crippen molar-refractivity contribution in [3.8, 4) is 0 Å². The van der Waals surface area contributed by atoms with Crippen LogP contribution in [0.5, 0.6) is 0 Å². The third-order valence-electron chi connectivity index (χ3n) is 4.01. The highest BCUT2D eigenvalue weighted by Crippen LogP contribution is 2.54. The number of rotatable bonds is 2. The fourth-order valence-corrected chi connectivity index (χ4v) is 3.53. The van der Waals surface area contributed by atoms with Crippen molar-refractivity contribution < 1.29 is 0 Å². The van der Waals surface area contributed by atoms with Crippen molar-refractivity contribution in [2.45, 2.75) is 25.2 Å². The number of thiazole rings is 1. The lowest BCUT2D eigenvalue weighted by molar-refractivity contribution is 0.913. The summed E-state index contributed by atoms with van der Waals surface area (Å²) in [5.41, 5.74) is 3.10. The van der Waals surface area contributed by atoms with Gasteiger partial charge in [-0.25, -0.2) is 4.98 Å². The second-order valence-electron chi connectivity index (χ2n) is 5.21. The van der Waals surface area contributed by atoms with Crippen LogP contribution in [0.25, 0.3) is 4.96 Å². The van der Waals surface area contributed by atoms with E-state index in [4.69, 9.17) is 4.98 Å². The molecule has 100 valence electrons. The van der Waals surface area contributed by atoms with Gasteiger partial charge in [0, 0.05) is 35.5 Å². The van der Waals surface area contributed by atoms with Gasteiger partial charge in [0.25, 0.3) is 5.56 Å². The van der Waals surface area contributed by atoms with Crippen molar-refractivity contribution in [1.82, 2.24) is 14.4 Å². The molecule has 2 atom stereocenters. The Morgan fingerprint density at radius 1 is 1.30 bits per heavy atom. The molecule has 3 aromatic heterocycles. The summed E-state index contributed by atoms with van der Waals surface area (Å²) in [4.78, 5) is 21.8. The average Bonchev–Trinajstić information content (AvgIpc) is 3.13. The average molecular weight is 283 g/mol. The highest BCUT2D eigenvalue weighted by Gasteiger charge is 2.42. The summed E-state index contributed by atoms with van der Waals surface area (Å²) >= 11 is 1.51. The van der Waals surface area contributed by atoms with Crippen LogP contribution < -0.4 is 5.56 Å². The van der Waals surface area contributed by atoms with E-state index in [0.29, 0.717) is 11.8 Å². The van der Waals surface area contributed by atoms with Gasteiger partial charge in [-0.2, -0.15) is 0 Å². The van der Waals surface area contributed by atoms with Gasteiger partial charge in [-0.1, -0.05) is 0 Å². The van der Waals surface area contributed by atoms with E-state index < -0.39 is 0 Å². The van der Waals surface area contributed by atoms with Crippen LogP contribution in [0.15, 0.2) is 40.9 Å². The minimum Gasteiger partial charge on any atom is -0.269 e. The topological polar surface area (TPSA) is 47.3 Å². The van der Waals surface area contributed by atoms with E-state index in [0.717, 1.165) is 22.6 Å². The molecular weight excluding hydrogens is 270 g/mol. The molecule has 1 aliphatic rings. The summed E-state index contributed by atoms with van der Waals surface area (Å²) in [6.07, 6.45) is 6.50. The first kappa shape index (κ1) is 11.8. The Labute approximate surface area is 119 Å². The van der Waals surface area contributed by atoms with Crippen molar-refractivity contribution in [2.24, 2.45) is 0 Å². The summed E-state index contributed by atoms with van der Waals surface area (Å²) in [6.45, 7) is 1.89. The van der Waals surface area contributed by atoms with Gasteiger partial charge in [-0.05, 0) is 37.0 Å². The Bertz CT molecular complexity index is 837. The van der Waals surface area contributed by atoms with Crippen molar-refractivity contribution in [2.75, 3.05) is 0 Å². The Kier molecular flexibility index (Phi) is 2.50. The zero-order valence-electron chi connectivity index (χ0n) is 11.0. The van der Waals surface area contributed by atoms with Crippen molar-refractivity contribution in [3.63, 3.8) is 0 Å². The molecule has 0 aliphatic heterocycles. The summed E-state index contributed by atoms with van der Waals surface area (Å²) in [5, 5.41) is 1.90. The largest absolute Gasteiger partial charge is 0.269 e. The molecule has 0 radical (unpaired) electrons. The van der Waals surface area contributed by atoms with Gasteiger partial charge in [-0.15, -0.1) is 11.3 Å². The van der Waals surface area contributed by atoms with Gasteiger partial charge in [0.05, 0.1) is 5.69 Å². The highest BCUT2D eigenvalue weighted by atomic mass is 32.1. The van der Waals surface area contributed by atoms with E-state index >= 15 is 0 Å². The molecule has 3 aromatic rings. The minimum absolute atomic E-state index is 0.0617. The third kappa shape index (κ3) is 1.70. The zero-order valence-corrected chi connectivity index (χ0v) is 11.8. The first-order valence-electron chi connectivity index (χ1n) is 6.62. The first-order chi connectivity index (χ1) is 9.75. The number of hydrogen-bond acceptors (Lipinski definition) is 4. The molecule has 20 heavy (non-hydrogen) atoms. The van der Waals surface area contributed by atoms with Crippen LogP contribution in [-0.4, -0.2) is 14.4 Å². The van der Waals surface area contributed by atoms with Crippen LogP contribution in [0.2, 0.25) is 0 Å². The van der Waals surface area contributed by atoms with Crippen LogP contribution in [-0.2, 0) is 0 Å². The molecular formula is C15H13N3OS. The summed E-state index contributed by atoms with van der Waals surface area (Å²) in [6, 6.07) is 4.10. The molecule has 0 N–H and O–H groups in total. The van der Waals surface area contributed by atoms with Crippen molar-refractivity contribution in [3.05, 3.63) is 63.3 Å². The van der Waals surface area contributed by atoms with Gasteiger partial charge < -0.3 is 0 Å². The zero-order chi connectivity index (χ0) is 13.7. The molecule has 0 amide bonds. The predicted octanol–water partition coefficient (Wildman–Crippen LogP) is 2.73. The van der Waals surface area contributed by atoms with Crippen LogP contribution in [0, 0.1) is 6.92 Å². The normalized spacial score (nSPS) is 21.2. The number of aromatic nitrogens is 3. The van der Waals surface area contributed by atoms with Gasteiger partial charge in [-0.3, -0.25) is 14.2 Å². The molecule has 2 unspecified atom stereocenters. The van der Waals surface area contributed by atoms with E-state index in [1.807, 2.05) is 24.7 Å². The maximum absolute atomic E-state index is 12.3. The second-order valence-corrected chi connectivity index (χ2v) is 6.09. The molecule has 0 aromatic carbocycles. The smallest absolute Gasteiger partial charge is 0.261 e. The molecule has 1 aliphatic carbocycles. The number of fused-ring (bicyclic) bond motifs is 1. The second kappa shape index (κ2) is 4.24. The van der Waals surface area contributed by atoms with E-state index in [2.05, 4.69) is 17.1 Å². The predicted molar refractivity (Wildman–Crippen MR) is 78.4 cm³/mol. The monoisotopic (exact) mass is 283 g/mol. The lowest BCUT2D eigenvalue weighted by atomic mass is 10.1. The maximum atomic E-state index is 12.3. The van der Waals surface area contributed by atoms with E-state index in [-0.39, 0.29) is 5.56 Å². The third-order valence-corrected chi connectivity index (χ3v) is 4.76. The standard InChI is InChI=1S/C15H13N3OS/c1-9-13(17-15-18(14(9)19)6-7-20-15)12-8-11(12)10-2-4-16-5-3-10/h2-7,11-12H,8H2,1H3. The Balaban J connectivity index is 1.77. The van der Waals surface area contributed by atoms with Gasteiger partial charge in [0.15, 0.2) is 4.96 Å². The molecule has 0 bridgehead atoms. The summed E-state index contributed by atoms with van der Waals surface area (Å²) in [5.74, 6) is 0.850.